The maximum absolute atomic E-state index is 12.1. The molecule has 2 aliphatic rings. The van der Waals surface area contributed by atoms with E-state index in [1.807, 2.05) is 11.8 Å². The van der Waals surface area contributed by atoms with Crippen LogP contribution >= 0.6 is 0 Å². The SMILES string of the molecule is CC(CN1CCCC1=O)NC(=O)C1(CN)CCC1. The lowest BCUT2D eigenvalue weighted by Crippen LogP contribution is -2.54. The number of hydrogen-bond donors (Lipinski definition) is 2. The molecule has 1 saturated carbocycles. The minimum Gasteiger partial charge on any atom is -0.351 e. The van der Waals surface area contributed by atoms with Gasteiger partial charge in [-0.15, -0.1) is 0 Å². The van der Waals surface area contributed by atoms with Gasteiger partial charge in [0.15, 0.2) is 0 Å². The van der Waals surface area contributed by atoms with Crippen molar-refractivity contribution in [3.63, 3.8) is 0 Å². The quantitative estimate of drug-likeness (QED) is 0.737. The highest BCUT2D eigenvalue weighted by Crippen LogP contribution is 2.40. The van der Waals surface area contributed by atoms with Crippen LogP contribution in [0.15, 0.2) is 0 Å². The van der Waals surface area contributed by atoms with E-state index in [4.69, 9.17) is 5.73 Å². The molecule has 102 valence electrons. The molecule has 3 N–H and O–H groups in total. The van der Waals surface area contributed by atoms with Gasteiger partial charge in [0.05, 0.1) is 5.41 Å². The van der Waals surface area contributed by atoms with Gasteiger partial charge in [-0.05, 0) is 26.2 Å². The third-order valence-electron chi connectivity index (χ3n) is 4.23. The molecule has 2 fully saturated rings. The number of amides is 2. The van der Waals surface area contributed by atoms with Crippen molar-refractivity contribution in [2.24, 2.45) is 11.1 Å². The number of hydrogen-bond acceptors (Lipinski definition) is 3. The molecule has 1 atom stereocenters. The molecule has 0 radical (unpaired) electrons. The Bertz CT molecular complexity index is 334. The van der Waals surface area contributed by atoms with E-state index in [0.717, 1.165) is 32.2 Å². The Hall–Kier alpha value is -1.10. The molecule has 1 aliphatic heterocycles. The van der Waals surface area contributed by atoms with E-state index < -0.39 is 0 Å². The smallest absolute Gasteiger partial charge is 0.227 e. The van der Waals surface area contributed by atoms with Gasteiger partial charge in [0.2, 0.25) is 11.8 Å². The molecule has 0 aromatic carbocycles. The average molecular weight is 253 g/mol. The molecule has 5 heteroatoms. The fourth-order valence-electron chi connectivity index (χ4n) is 2.78. The number of rotatable bonds is 5. The summed E-state index contributed by atoms with van der Waals surface area (Å²) in [5, 5.41) is 3.01. The van der Waals surface area contributed by atoms with Gasteiger partial charge in [-0.25, -0.2) is 0 Å². The first-order valence-electron chi connectivity index (χ1n) is 6.86. The third-order valence-corrected chi connectivity index (χ3v) is 4.23. The minimum absolute atomic E-state index is 0.00331. The first kappa shape index (κ1) is 13.3. The van der Waals surface area contributed by atoms with Crippen molar-refractivity contribution in [2.75, 3.05) is 19.6 Å². The Balaban J connectivity index is 1.81. The topological polar surface area (TPSA) is 75.4 Å². The minimum atomic E-state index is -0.330. The molecule has 18 heavy (non-hydrogen) atoms. The fraction of sp³-hybridized carbons (Fsp3) is 0.846. The van der Waals surface area contributed by atoms with Crippen LogP contribution in [0.1, 0.15) is 39.0 Å². The molecule has 1 unspecified atom stereocenters. The highest BCUT2D eigenvalue weighted by Gasteiger charge is 2.43. The van der Waals surface area contributed by atoms with E-state index in [1.165, 1.54) is 0 Å². The summed E-state index contributed by atoms with van der Waals surface area (Å²) < 4.78 is 0. The number of likely N-dealkylation sites (tertiary alicyclic amines) is 1. The van der Waals surface area contributed by atoms with E-state index in [9.17, 15) is 9.59 Å². The number of carbonyl (C=O) groups is 2. The molecule has 0 aromatic rings. The van der Waals surface area contributed by atoms with Crippen LogP contribution < -0.4 is 11.1 Å². The monoisotopic (exact) mass is 253 g/mol. The zero-order chi connectivity index (χ0) is 13.2. The zero-order valence-corrected chi connectivity index (χ0v) is 11.1. The van der Waals surface area contributed by atoms with Crippen molar-refractivity contribution in [1.29, 1.82) is 0 Å². The van der Waals surface area contributed by atoms with Crippen molar-refractivity contribution >= 4 is 11.8 Å². The van der Waals surface area contributed by atoms with Gasteiger partial charge in [0.1, 0.15) is 0 Å². The van der Waals surface area contributed by atoms with Crippen molar-refractivity contribution in [3.05, 3.63) is 0 Å². The van der Waals surface area contributed by atoms with Gasteiger partial charge in [-0.1, -0.05) is 6.42 Å². The van der Waals surface area contributed by atoms with Gasteiger partial charge >= 0.3 is 0 Å². The van der Waals surface area contributed by atoms with E-state index in [-0.39, 0.29) is 23.3 Å². The highest BCUT2D eigenvalue weighted by molar-refractivity contribution is 5.84. The van der Waals surface area contributed by atoms with Crippen LogP contribution in [0.5, 0.6) is 0 Å². The van der Waals surface area contributed by atoms with Crippen LogP contribution in [0.25, 0.3) is 0 Å². The Kier molecular flexibility index (Phi) is 3.90. The molecule has 0 spiro atoms. The molecule has 1 saturated heterocycles. The second-order valence-corrected chi connectivity index (χ2v) is 5.66. The first-order valence-corrected chi connectivity index (χ1v) is 6.86. The molecule has 0 aromatic heterocycles. The summed E-state index contributed by atoms with van der Waals surface area (Å²) in [6.45, 7) is 3.81. The van der Waals surface area contributed by atoms with Crippen LogP contribution in [0.4, 0.5) is 0 Å². The molecular weight excluding hydrogens is 230 g/mol. The molecule has 2 rings (SSSR count). The summed E-state index contributed by atoms with van der Waals surface area (Å²) >= 11 is 0. The molecule has 1 heterocycles. The summed E-state index contributed by atoms with van der Waals surface area (Å²) in [5.41, 5.74) is 5.38. The van der Waals surface area contributed by atoms with Crippen molar-refractivity contribution in [1.82, 2.24) is 10.2 Å². The zero-order valence-electron chi connectivity index (χ0n) is 11.1. The summed E-state index contributed by atoms with van der Waals surface area (Å²) in [5.74, 6) is 0.267. The van der Waals surface area contributed by atoms with Crippen LogP contribution in [-0.4, -0.2) is 42.4 Å². The van der Waals surface area contributed by atoms with Crippen LogP contribution in [0.3, 0.4) is 0 Å². The lowest BCUT2D eigenvalue weighted by molar-refractivity contribution is -0.136. The van der Waals surface area contributed by atoms with E-state index in [0.29, 0.717) is 19.5 Å². The van der Waals surface area contributed by atoms with Gasteiger partial charge in [-0.2, -0.15) is 0 Å². The Morgan fingerprint density at radius 2 is 2.22 bits per heavy atom. The van der Waals surface area contributed by atoms with Crippen molar-refractivity contribution in [3.8, 4) is 0 Å². The lowest BCUT2D eigenvalue weighted by atomic mass is 9.68. The molecular formula is C13H23N3O2. The Morgan fingerprint density at radius 1 is 1.50 bits per heavy atom. The maximum atomic E-state index is 12.1. The summed E-state index contributed by atoms with van der Waals surface area (Å²) in [7, 11) is 0. The van der Waals surface area contributed by atoms with E-state index in [2.05, 4.69) is 5.32 Å². The third kappa shape index (κ3) is 2.51. The van der Waals surface area contributed by atoms with Crippen LogP contribution in [0.2, 0.25) is 0 Å². The van der Waals surface area contributed by atoms with Gasteiger partial charge in [0, 0.05) is 32.1 Å². The summed E-state index contributed by atoms with van der Waals surface area (Å²) in [6, 6.07) is 0.00331. The maximum Gasteiger partial charge on any atom is 0.227 e. The van der Waals surface area contributed by atoms with E-state index >= 15 is 0 Å². The van der Waals surface area contributed by atoms with Crippen LogP contribution in [-0.2, 0) is 9.59 Å². The van der Waals surface area contributed by atoms with Crippen LogP contribution in [0, 0.1) is 5.41 Å². The van der Waals surface area contributed by atoms with Gasteiger partial charge in [0.25, 0.3) is 0 Å². The molecule has 1 aliphatic carbocycles. The summed E-state index contributed by atoms with van der Waals surface area (Å²) in [4.78, 5) is 25.5. The van der Waals surface area contributed by atoms with Gasteiger partial charge < -0.3 is 16.0 Å². The number of nitrogens with one attached hydrogen (secondary N) is 1. The first-order chi connectivity index (χ1) is 8.57. The normalized spacial score (nSPS) is 23.7. The highest BCUT2D eigenvalue weighted by atomic mass is 16.2. The average Bonchev–Trinajstić information content (AvgIpc) is 2.63. The molecule has 0 bridgehead atoms. The second kappa shape index (κ2) is 5.26. The number of carbonyl (C=O) groups excluding carboxylic acids is 2. The number of nitrogens with zero attached hydrogens (tertiary/aromatic N) is 1. The Morgan fingerprint density at radius 3 is 2.67 bits per heavy atom. The van der Waals surface area contributed by atoms with Crippen molar-refractivity contribution in [2.45, 2.75) is 45.1 Å². The molecule has 2 amide bonds. The van der Waals surface area contributed by atoms with Crippen molar-refractivity contribution < 1.29 is 9.59 Å². The largest absolute Gasteiger partial charge is 0.351 e. The fourth-order valence-corrected chi connectivity index (χ4v) is 2.78. The molecule has 5 nitrogen and oxygen atoms in total. The predicted molar refractivity (Wildman–Crippen MR) is 68.8 cm³/mol. The summed E-state index contributed by atoms with van der Waals surface area (Å²) in [6.07, 6.45) is 4.46. The standard InChI is InChI=1S/C13H23N3O2/c1-10(8-16-7-2-4-11(16)17)15-12(18)13(9-14)5-3-6-13/h10H,2-9,14H2,1H3,(H,15,18). The lowest BCUT2D eigenvalue weighted by Gasteiger charge is -2.40. The van der Waals surface area contributed by atoms with E-state index in [1.54, 1.807) is 0 Å². The Labute approximate surface area is 108 Å². The number of nitrogens with two attached hydrogens (primary N) is 1. The second-order valence-electron chi connectivity index (χ2n) is 5.66. The van der Waals surface area contributed by atoms with Gasteiger partial charge in [-0.3, -0.25) is 9.59 Å². The predicted octanol–water partition coefficient (Wildman–Crippen LogP) is 0.243.